The lowest BCUT2D eigenvalue weighted by Gasteiger charge is -2.07. The Kier molecular flexibility index (Phi) is 5.66. The van der Waals surface area contributed by atoms with Gasteiger partial charge in [-0.15, -0.1) is 0 Å². The molecule has 0 fully saturated rings. The number of carbonyl (C=O) groups excluding carboxylic acids is 2. The zero-order chi connectivity index (χ0) is 15.9. The van der Waals surface area contributed by atoms with Crippen molar-refractivity contribution in [1.29, 1.82) is 0 Å². The number of hydrogen-bond acceptors (Lipinski definition) is 3. The lowest BCUT2D eigenvalue weighted by molar-refractivity contribution is 0.0948. The largest absolute Gasteiger partial charge is 0.351 e. The van der Waals surface area contributed by atoms with Gasteiger partial charge in [-0.25, -0.2) is 0 Å². The molecule has 0 aliphatic rings. The van der Waals surface area contributed by atoms with Gasteiger partial charge < -0.3 is 10.6 Å². The molecule has 114 valence electrons. The highest BCUT2D eigenvalue weighted by molar-refractivity contribution is 9.10. The van der Waals surface area contributed by atoms with Gasteiger partial charge >= 0.3 is 0 Å². The second-order valence-corrected chi connectivity index (χ2v) is 5.56. The highest BCUT2D eigenvalue weighted by atomic mass is 79.9. The highest BCUT2D eigenvalue weighted by Gasteiger charge is 2.11. The predicted molar refractivity (Wildman–Crippen MR) is 89.0 cm³/mol. The van der Waals surface area contributed by atoms with Crippen LogP contribution in [0.1, 0.15) is 34.2 Å². The van der Waals surface area contributed by atoms with Crippen LogP contribution in [0.3, 0.4) is 0 Å². The minimum absolute atomic E-state index is 0.233. The van der Waals surface area contributed by atoms with E-state index in [0.29, 0.717) is 17.8 Å². The Labute approximate surface area is 137 Å². The van der Waals surface area contributed by atoms with Gasteiger partial charge in [0.15, 0.2) is 0 Å². The van der Waals surface area contributed by atoms with Crippen molar-refractivity contribution in [3.05, 3.63) is 58.3 Å². The Hall–Kier alpha value is -2.21. The molecule has 5 nitrogen and oxygen atoms in total. The lowest BCUT2D eigenvalue weighted by Crippen LogP contribution is -2.25. The van der Waals surface area contributed by atoms with E-state index in [-0.39, 0.29) is 17.5 Å². The van der Waals surface area contributed by atoms with E-state index in [9.17, 15) is 9.59 Å². The number of benzene rings is 1. The van der Waals surface area contributed by atoms with Crippen LogP contribution in [0.5, 0.6) is 0 Å². The van der Waals surface area contributed by atoms with Crippen LogP contribution < -0.4 is 10.6 Å². The minimum atomic E-state index is -0.283. The van der Waals surface area contributed by atoms with E-state index in [4.69, 9.17) is 0 Å². The van der Waals surface area contributed by atoms with Crippen LogP contribution in [0.2, 0.25) is 0 Å². The summed E-state index contributed by atoms with van der Waals surface area (Å²) >= 11 is 3.34. The monoisotopic (exact) mass is 361 g/mol. The third kappa shape index (κ3) is 4.39. The summed E-state index contributed by atoms with van der Waals surface area (Å²) in [6.07, 6.45) is 2.30. The molecule has 0 aliphatic carbocycles. The van der Waals surface area contributed by atoms with Crippen LogP contribution in [0.15, 0.2) is 47.1 Å². The van der Waals surface area contributed by atoms with Crippen molar-refractivity contribution >= 4 is 33.4 Å². The number of amides is 2. The first-order valence-electron chi connectivity index (χ1n) is 6.91. The van der Waals surface area contributed by atoms with Gasteiger partial charge in [-0.3, -0.25) is 14.6 Å². The second kappa shape index (κ2) is 7.70. The summed E-state index contributed by atoms with van der Waals surface area (Å²) < 4.78 is 0.935. The van der Waals surface area contributed by atoms with Crippen LogP contribution in [-0.2, 0) is 0 Å². The van der Waals surface area contributed by atoms with Crippen molar-refractivity contribution in [2.45, 2.75) is 13.3 Å². The summed E-state index contributed by atoms with van der Waals surface area (Å²) in [6.45, 7) is 2.55. The van der Waals surface area contributed by atoms with Gasteiger partial charge in [0.05, 0.1) is 0 Å². The molecule has 0 unspecified atom stereocenters. The van der Waals surface area contributed by atoms with E-state index in [1.165, 1.54) is 12.3 Å². The molecule has 2 amide bonds. The van der Waals surface area contributed by atoms with Gasteiger partial charge in [0.25, 0.3) is 11.8 Å². The molecule has 2 rings (SSSR count). The quantitative estimate of drug-likeness (QED) is 0.858. The van der Waals surface area contributed by atoms with E-state index in [1.54, 1.807) is 18.2 Å². The molecule has 22 heavy (non-hydrogen) atoms. The van der Waals surface area contributed by atoms with Crippen molar-refractivity contribution in [3.63, 3.8) is 0 Å². The molecule has 1 aromatic carbocycles. The van der Waals surface area contributed by atoms with Crippen molar-refractivity contribution in [2.24, 2.45) is 0 Å². The number of pyridine rings is 1. The number of halogens is 1. The van der Waals surface area contributed by atoms with Gasteiger partial charge in [-0.05, 0) is 42.8 Å². The summed E-state index contributed by atoms with van der Waals surface area (Å²) in [5.41, 5.74) is 1.30. The number of anilines is 1. The normalized spacial score (nSPS) is 10.1. The van der Waals surface area contributed by atoms with Crippen LogP contribution in [-0.4, -0.2) is 23.3 Å². The van der Waals surface area contributed by atoms with Gasteiger partial charge in [-0.2, -0.15) is 0 Å². The molecule has 2 aromatic rings. The van der Waals surface area contributed by atoms with E-state index in [0.717, 1.165) is 10.9 Å². The molecule has 6 heteroatoms. The third-order valence-corrected chi connectivity index (χ3v) is 3.42. The summed E-state index contributed by atoms with van der Waals surface area (Å²) in [5.74, 6) is -0.561. The van der Waals surface area contributed by atoms with Gasteiger partial charge in [0, 0.05) is 28.5 Å². The zero-order valence-electron chi connectivity index (χ0n) is 12.1. The molecular formula is C16H16BrN3O2. The Morgan fingerprint density at radius 1 is 1.14 bits per heavy atom. The van der Waals surface area contributed by atoms with Crippen molar-refractivity contribution in [2.75, 3.05) is 11.9 Å². The molecule has 0 aliphatic heterocycles. The molecular weight excluding hydrogens is 346 g/mol. The Bertz CT molecular complexity index is 671. The van der Waals surface area contributed by atoms with Crippen LogP contribution in [0.4, 0.5) is 5.69 Å². The van der Waals surface area contributed by atoms with Crippen LogP contribution >= 0.6 is 15.9 Å². The average molecular weight is 362 g/mol. The third-order valence-electron chi connectivity index (χ3n) is 2.89. The van der Waals surface area contributed by atoms with Gasteiger partial charge in [0.2, 0.25) is 0 Å². The SMILES string of the molecule is CCCNC(=O)c1cc(C(=O)Nc2ccc(Br)cc2)ccn1. The fourth-order valence-corrected chi connectivity index (χ4v) is 2.03. The van der Waals surface area contributed by atoms with E-state index in [1.807, 2.05) is 19.1 Å². The minimum Gasteiger partial charge on any atom is -0.351 e. The van der Waals surface area contributed by atoms with Crippen LogP contribution in [0, 0.1) is 0 Å². The molecule has 2 N–H and O–H groups in total. The average Bonchev–Trinajstić information content (AvgIpc) is 2.54. The number of nitrogens with one attached hydrogen (secondary N) is 2. The molecule has 0 radical (unpaired) electrons. The lowest BCUT2D eigenvalue weighted by atomic mass is 10.2. The zero-order valence-corrected chi connectivity index (χ0v) is 13.7. The van der Waals surface area contributed by atoms with Crippen LogP contribution in [0.25, 0.3) is 0 Å². The van der Waals surface area contributed by atoms with Gasteiger partial charge in [0.1, 0.15) is 5.69 Å². The molecule has 1 heterocycles. The predicted octanol–water partition coefficient (Wildman–Crippen LogP) is 3.24. The summed E-state index contributed by atoms with van der Waals surface area (Å²) in [6, 6.07) is 10.3. The van der Waals surface area contributed by atoms with E-state index >= 15 is 0 Å². The Morgan fingerprint density at radius 3 is 2.55 bits per heavy atom. The smallest absolute Gasteiger partial charge is 0.269 e. The molecule has 0 saturated carbocycles. The number of rotatable bonds is 5. The molecule has 0 bridgehead atoms. The maximum Gasteiger partial charge on any atom is 0.269 e. The summed E-state index contributed by atoms with van der Waals surface area (Å²) in [5, 5.41) is 5.51. The summed E-state index contributed by atoms with van der Waals surface area (Å²) in [4.78, 5) is 28.1. The second-order valence-electron chi connectivity index (χ2n) is 4.65. The van der Waals surface area contributed by atoms with Crippen molar-refractivity contribution in [3.8, 4) is 0 Å². The fourth-order valence-electron chi connectivity index (χ4n) is 1.76. The first-order chi connectivity index (χ1) is 10.6. The number of carbonyl (C=O) groups is 2. The maximum atomic E-state index is 12.2. The standard InChI is InChI=1S/C16H16BrN3O2/c1-2-8-19-16(22)14-10-11(7-9-18-14)15(21)20-13-5-3-12(17)4-6-13/h3-7,9-10H,2,8H2,1H3,(H,19,22)(H,20,21). The Morgan fingerprint density at radius 2 is 1.86 bits per heavy atom. The summed E-state index contributed by atoms with van der Waals surface area (Å²) in [7, 11) is 0. The molecule has 0 atom stereocenters. The Balaban J connectivity index is 2.09. The number of aromatic nitrogens is 1. The fraction of sp³-hybridized carbons (Fsp3) is 0.188. The first-order valence-corrected chi connectivity index (χ1v) is 7.70. The number of nitrogens with zero attached hydrogens (tertiary/aromatic N) is 1. The maximum absolute atomic E-state index is 12.2. The van der Waals surface area contributed by atoms with E-state index in [2.05, 4.69) is 31.5 Å². The topological polar surface area (TPSA) is 71.1 Å². The van der Waals surface area contributed by atoms with Gasteiger partial charge in [-0.1, -0.05) is 22.9 Å². The highest BCUT2D eigenvalue weighted by Crippen LogP contribution is 2.15. The van der Waals surface area contributed by atoms with Crippen molar-refractivity contribution < 1.29 is 9.59 Å². The van der Waals surface area contributed by atoms with Crippen molar-refractivity contribution in [1.82, 2.24) is 10.3 Å². The molecule has 1 aromatic heterocycles. The number of hydrogen-bond donors (Lipinski definition) is 2. The van der Waals surface area contributed by atoms with E-state index < -0.39 is 0 Å². The first kappa shape index (κ1) is 16.2. The molecule has 0 saturated heterocycles. The molecule has 0 spiro atoms.